The molecule has 1 rings (SSSR count). The zero-order chi connectivity index (χ0) is 15.2. The van der Waals surface area contributed by atoms with Crippen molar-refractivity contribution in [3.05, 3.63) is 34.3 Å². The van der Waals surface area contributed by atoms with Crippen molar-refractivity contribution in [2.45, 2.75) is 12.5 Å². The van der Waals surface area contributed by atoms with E-state index in [-0.39, 0.29) is 12.5 Å². The first-order valence-electron chi connectivity index (χ1n) is 5.97. The maximum Gasteiger partial charge on any atom is 0.251 e. The summed E-state index contributed by atoms with van der Waals surface area (Å²) in [6, 6.07) is 6.71. The third kappa shape index (κ3) is 4.92. The summed E-state index contributed by atoms with van der Waals surface area (Å²) in [6.07, 6.45) is 0. The van der Waals surface area contributed by atoms with Gasteiger partial charge in [0.15, 0.2) is 0 Å². The van der Waals surface area contributed by atoms with E-state index in [0.717, 1.165) is 4.47 Å². The third-order valence-electron chi connectivity index (χ3n) is 2.66. The van der Waals surface area contributed by atoms with Crippen LogP contribution in [0, 0.1) is 0 Å². The van der Waals surface area contributed by atoms with Crippen LogP contribution in [-0.4, -0.2) is 47.3 Å². The van der Waals surface area contributed by atoms with Crippen LogP contribution in [0.15, 0.2) is 28.7 Å². The lowest BCUT2D eigenvalue weighted by Crippen LogP contribution is -2.54. The molecule has 7 heteroatoms. The summed E-state index contributed by atoms with van der Waals surface area (Å²) < 4.78 is 0.855. The van der Waals surface area contributed by atoms with Crippen LogP contribution >= 0.6 is 15.9 Å². The molecule has 0 aliphatic heterocycles. The number of halogens is 1. The SMILES string of the molecule is CC(CO)(CO)NC(=O)CNC(=O)c1ccc(Br)cc1. The fraction of sp³-hybridized carbons (Fsp3) is 0.385. The number of amides is 2. The molecule has 0 aromatic heterocycles. The smallest absolute Gasteiger partial charge is 0.251 e. The molecule has 0 fully saturated rings. The summed E-state index contributed by atoms with van der Waals surface area (Å²) in [6.45, 7) is 0.484. The Morgan fingerprint density at radius 2 is 1.75 bits per heavy atom. The predicted molar refractivity (Wildman–Crippen MR) is 77.2 cm³/mol. The van der Waals surface area contributed by atoms with Gasteiger partial charge in [-0.3, -0.25) is 9.59 Å². The molecule has 0 radical (unpaired) electrons. The highest BCUT2D eigenvalue weighted by molar-refractivity contribution is 9.10. The molecule has 0 aliphatic rings. The van der Waals surface area contributed by atoms with Gasteiger partial charge in [-0.1, -0.05) is 15.9 Å². The van der Waals surface area contributed by atoms with E-state index >= 15 is 0 Å². The lowest BCUT2D eigenvalue weighted by molar-refractivity contribution is -0.123. The van der Waals surface area contributed by atoms with Crippen LogP contribution in [0.4, 0.5) is 0 Å². The highest BCUT2D eigenvalue weighted by atomic mass is 79.9. The minimum atomic E-state index is -1.10. The number of rotatable bonds is 6. The first kappa shape index (κ1) is 16.6. The molecule has 0 spiro atoms. The van der Waals surface area contributed by atoms with E-state index < -0.39 is 24.7 Å². The molecule has 0 unspecified atom stereocenters. The van der Waals surface area contributed by atoms with E-state index in [4.69, 9.17) is 10.2 Å². The van der Waals surface area contributed by atoms with Gasteiger partial charge >= 0.3 is 0 Å². The van der Waals surface area contributed by atoms with Crippen molar-refractivity contribution in [3.8, 4) is 0 Å². The highest BCUT2D eigenvalue weighted by Crippen LogP contribution is 2.10. The second kappa shape index (κ2) is 7.37. The summed E-state index contributed by atoms with van der Waals surface area (Å²) in [5.41, 5.74) is -0.660. The van der Waals surface area contributed by atoms with Crippen molar-refractivity contribution < 1.29 is 19.8 Å². The van der Waals surface area contributed by atoms with Crippen molar-refractivity contribution in [2.24, 2.45) is 0 Å². The van der Waals surface area contributed by atoms with Crippen molar-refractivity contribution in [1.82, 2.24) is 10.6 Å². The number of aliphatic hydroxyl groups excluding tert-OH is 2. The van der Waals surface area contributed by atoms with Crippen LogP contribution < -0.4 is 10.6 Å². The summed E-state index contributed by atoms with van der Waals surface area (Å²) in [7, 11) is 0. The molecule has 110 valence electrons. The zero-order valence-electron chi connectivity index (χ0n) is 11.0. The molecule has 0 aliphatic carbocycles. The van der Waals surface area contributed by atoms with Crippen molar-refractivity contribution in [3.63, 3.8) is 0 Å². The molecular formula is C13H17BrN2O4. The van der Waals surface area contributed by atoms with E-state index in [1.165, 1.54) is 6.92 Å². The summed E-state index contributed by atoms with van der Waals surface area (Å²) in [5.74, 6) is -0.858. The number of nitrogens with one attached hydrogen (secondary N) is 2. The molecule has 4 N–H and O–H groups in total. The van der Waals surface area contributed by atoms with E-state index in [0.29, 0.717) is 5.56 Å². The molecule has 1 aromatic rings. The van der Waals surface area contributed by atoms with Gasteiger partial charge in [0.25, 0.3) is 5.91 Å². The van der Waals surface area contributed by atoms with E-state index in [1.54, 1.807) is 24.3 Å². The second-order valence-electron chi connectivity index (χ2n) is 4.61. The first-order chi connectivity index (χ1) is 9.40. The monoisotopic (exact) mass is 344 g/mol. The normalized spacial score (nSPS) is 11.0. The minimum Gasteiger partial charge on any atom is -0.394 e. The second-order valence-corrected chi connectivity index (χ2v) is 5.53. The van der Waals surface area contributed by atoms with Gasteiger partial charge in [0.05, 0.1) is 25.3 Å². The van der Waals surface area contributed by atoms with Crippen LogP contribution in [-0.2, 0) is 4.79 Å². The fourth-order valence-corrected chi connectivity index (χ4v) is 1.64. The number of hydrogen-bond acceptors (Lipinski definition) is 4. The summed E-state index contributed by atoms with van der Waals surface area (Å²) in [4.78, 5) is 23.4. The van der Waals surface area contributed by atoms with Crippen molar-refractivity contribution in [1.29, 1.82) is 0 Å². The first-order valence-corrected chi connectivity index (χ1v) is 6.76. The average molecular weight is 345 g/mol. The van der Waals surface area contributed by atoms with E-state index in [2.05, 4.69) is 26.6 Å². The Bertz CT molecular complexity index is 472. The maximum atomic E-state index is 11.8. The van der Waals surface area contributed by atoms with Gasteiger partial charge in [-0.25, -0.2) is 0 Å². The fourth-order valence-electron chi connectivity index (χ4n) is 1.37. The molecule has 0 atom stereocenters. The van der Waals surface area contributed by atoms with Crippen LogP contribution in [0.1, 0.15) is 17.3 Å². The zero-order valence-corrected chi connectivity index (χ0v) is 12.6. The maximum absolute atomic E-state index is 11.8. The number of carbonyl (C=O) groups excluding carboxylic acids is 2. The Labute approximate surface area is 125 Å². The van der Waals surface area contributed by atoms with Crippen LogP contribution in [0.3, 0.4) is 0 Å². The Morgan fingerprint density at radius 1 is 1.20 bits per heavy atom. The Kier molecular flexibility index (Phi) is 6.12. The third-order valence-corrected chi connectivity index (χ3v) is 3.18. The molecule has 0 saturated carbocycles. The van der Waals surface area contributed by atoms with Gasteiger partial charge in [-0.05, 0) is 31.2 Å². The summed E-state index contributed by atoms with van der Waals surface area (Å²) in [5, 5.41) is 23.0. The molecular weight excluding hydrogens is 328 g/mol. The topological polar surface area (TPSA) is 98.7 Å². The Balaban J connectivity index is 2.49. The summed E-state index contributed by atoms with van der Waals surface area (Å²) >= 11 is 3.26. The standard InChI is InChI=1S/C13H17BrN2O4/c1-13(7-17,8-18)16-11(19)6-15-12(20)9-2-4-10(14)5-3-9/h2-5,17-18H,6-8H2,1H3,(H,15,20)(H,16,19). The number of aliphatic hydroxyl groups is 2. The quantitative estimate of drug-likeness (QED) is 0.585. The van der Waals surface area contributed by atoms with E-state index in [1.807, 2.05) is 0 Å². The molecule has 0 bridgehead atoms. The minimum absolute atomic E-state index is 0.232. The number of carbonyl (C=O) groups is 2. The molecule has 1 aromatic carbocycles. The highest BCUT2D eigenvalue weighted by Gasteiger charge is 2.24. The molecule has 20 heavy (non-hydrogen) atoms. The van der Waals surface area contributed by atoms with Gasteiger partial charge in [0.2, 0.25) is 5.91 Å². The molecule has 0 saturated heterocycles. The number of hydrogen-bond donors (Lipinski definition) is 4. The van der Waals surface area contributed by atoms with Crippen LogP contribution in [0.25, 0.3) is 0 Å². The van der Waals surface area contributed by atoms with Crippen molar-refractivity contribution in [2.75, 3.05) is 19.8 Å². The van der Waals surface area contributed by atoms with E-state index in [9.17, 15) is 9.59 Å². The molecule has 2 amide bonds. The Morgan fingerprint density at radius 3 is 2.25 bits per heavy atom. The Hall–Kier alpha value is -1.44. The van der Waals surface area contributed by atoms with Gasteiger partial charge in [0.1, 0.15) is 0 Å². The average Bonchev–Trinajstić information content (AvgIpc) is 2.45. The van der Waals surface area contributed by atoms with Crippen LogP contribution in [0.5, 0.6) is 0 Å². The largest absolute Gasteiger partial charge is 0.394 e. The van der Waals surface area contributed by atoms with Gasteiger partial charge < -0.3 is 20.8 Å². The van der Waals surface area contributed by atoms with Crippen molar-refractivity contribution >= 4 is 27.7 Å². The number of benzene rings is 1. The van der Waals surface area contributed by atoms with Gasteiger partial charge in [-0.2, -0.15) is 0 Å². The lowest BCUT2D eigenvalue weighted by Gasteiger charge is -2.26. The van der Waals surface area contributed by atoms with Gasteiger partial charge in [0, 0.05) is 10.0 Å². The molecule has 0 heterocycles. The molecule has 6 nitrogen and oxygen atoms in total. The van der Waals surface area contributed by atoms with Crippen LogP contribution in [0.2, 0.25) is 0 Å². The lowest BCUT2D eigenvalue weighted by atomic mass is 10.1. The van der Waals surface area contributed by atoms with Gasteiger partial charge in [-0.15, -0.1) is 0 Å². The predicted octanol–water partition coefficient (Wildman–Crippen LogP) is 0.0384.